The van der Waals surface area contributed by atoms with Crippen LogP contribution in [-0.4, -0.2) is 29.0 Å². The number of carbonyl (C=O) groups excluding carboxylic acids is 2. The predicted molar refractivity (Wildman–Crippen MR) is 81.6 cm³/mol. The van der Waals surface area contributed by atoms with Gasteiger partial charge in [-0.25, -0.2) is 5.43 Å². The quantitative estimate of drug-likeness (QED) is 0.452. The largest absolute Gasteiger partial charge is 0.356 e. The zero-order valence-corrected chi connectivity index (χ0v) is 12.5. The van der Waals surface area contributed by atoms with Crippen LogP contribution in [0, 0.1) is 10.1 Å². The molecule has 0 fully saturated rings. The van der Waals surface area contributed by atoms with E-state index >= 15 is 0 Å². The molecule has 0 aliphatic carbocycles. The molecule has 22 heavy (non-hydrogen) atoms. The number of hydrogen-bond acceptors (Lipinski definition) is 5. The van der Waals surface area contributed by atoms with E-state index in [9.17, 15) is 19.7 Å². The molecular weight excluding hydrogens is 288 g/mol. The molecule has 0 spiro atoms. The van der Waals surface area contributed by atoms with Gasteiger partial charge in [0.15, 0.2) is 0 Å². The van der Waals surface area contributed by atoms with E-state index in [-0.39, 0.29) is 23.6 Å². The van der Waals surface area contributed by atoms with Crippen LogP contribution >= 0.6 is 0 Å². The predicted octanol–water partition coefficient (Wildman–Crippen LogP) is 1.62. The van der Waals surface area contributed by atoms with E-state index < -0.39 is 10.8 Å². The van der Waals surface area contributed by atoms with Crippen molar-refractivity contribution in [3.8, 4) is 0 Å². The lowest BCUT2D eigenvalue weighted by molar-refractivity contribution is -0.384. The van der Waals surface area contributed by atoms with Crippen molar-refractivity contribution < 1.29 is 14.5 Å². The highest BCUT2D eigenvalue weighted by molar-refractivity contribution is 6.01. The van der Waals surface area contributed by atoms with Crippen molar-refractivity contribution in [3.05, 3.63) is 39.9 Å². The second-order valence-corrected chi connectivity index (χ2v) is 4.62. The Morgan fingerprint density at radius 1 is 1.27 bits per heavy atom. The molecule has 2 N–H and O–H groups in total. The van der Waals surface area contributed by atoms with Crippen molar-refractivity contribution in [2.45, 2.75) is 26.7 Å². The van der Waals surface area contributed by atoms with Crippen LogP contribution in [0.2, 0.25) is 0 Å². The molecule has 0 atom stereocenters. The van der Waals surface area contributed by atoms with Gasteiger partial charge in [0.25, 0.3) is 11.6 Å². The first-order chi connectivity index (χ1) is 10.4. The molecular formula is C14H18N4O4. The Labute approximate surface area is 127 Å². The summed E-state index contributed by atoms with van der Waals surface area (Å²) < 4.78 is 0. The number of carbonyl (C=O) groups is 2. The number of hydrazone groups is 1. The lowest BCUT2D eigenvalue weighted by Crippen LogP contribution is -2.27. The Balaban J connectivity index is 2.55. The maximum atomic E-state index is 11.8. The number of hydrogen-bond donors (Lipinski definition) is 2. The molecule has 8 nitrogen and oxygen atoms in total. The summed E-state index contributed by atoms with van der Waals surface area (Å²) in [4.78, 5) is 33.2. The first-order valence-corrected chi connectivity index (χ1v) is 6.78. The molecule has 0 saturated heterocycles. The smallest absolute Gasteiger partial charge is 0.271 e. The van der Waals surface area contributed by atoms with Crippen LogP contribution in [0.5, 0.6) is 0 Å². The summed E-state index contributed by atoms with van der Waals surface area (Å²) in [7, 11) is 0. The monoisotopic (exact) mass is 306 g/mol. The summed E-state index contributed by atoms with van der Waals surface area (Å²) in [6, 6.07) is 5.16. The third-order valence-electron chi connectivity index (χ3n) is 2.68. The standard InChI is InChI=1S/C14H18N4O4/c1-3-8-15-13(19)9-10(2)16-17-14(20)11-4-6-12(7-5-11)18(21)22/h4-7H,3,8-9H2,1-2H3,(H,15,19)(H,17,20)/b16-10-. The number of benzene rings is 1. The van der Waals surface area contributed by atoms with Crippen molar-refractivity contribution in [3.63, 3.8) is 0 Å². The zero-order chi connectivity index (χ0) is 16.5. The summed E-state index contributed by atoms with van der Waals surface area (Å²) in [6.45, 7) is 4.18. The van der Waals surface area contributed by atoms with Gasteiger partial charge < -0.3 is 5.32 Å². The van der Waals surface area contributed by atoms with Crippen LogP contribution in [0.15, 0.2) is 29.4 Å². The Morgan fingerprint density at radius 2 is 1.91 bits per heavy atom. The maximum absolute atomic E-state index is 11.8. The zero-order valence-electron chi connectivity index (χ0n) is 12.5. The van der Waals surface area contributed by atoms with Gasteiger partial charge in [-0.15, -0.1) is 0 Å². The Morgan fingerprint density at radius 3 is 2.45 bits per heavy atom. The van der Waals surface area contributed by atoms with Crippen LogP contribution in [0.4, 0.5) is 5.69 Å². The molecule has 0 unspecified atom stereocenters. The minimum atomic E-state index is -0.543. The molecule has 0 aromatic heterocycles. The van der Waals surface area contributed by atoms with Gasteiger partial charge in [0, 0.05) is 30.0 Å². The van der Waals surface area contributed by atoms with Crippen molar-refractivity contribution in [2.75, 3.05) is 6.54 Å². The summed E-state index contributed by atoms with van der Waals surface area (Å²) >= 11 is 0. The average molecular weight is 306 g/mol. The van der Waals surface area contributed by atoms with Crippen LogP contribution in [0.3, 0.4) is 0 Å². The van der Waals surface area contributed by atoms with E-state index in [1.165, 1.54) is 24.3 Å². The van der Waals surface area contributed by atoms with Gasteiger partial charge in [0.05, 0.1) is 11.3 Å². The number of nitro groups is 1. The van der Waals surface area contributed by atoms with Gasteiger partial charge >= 0.3 is 0 Å². The van der Waals surface area contributed by atoms with Crippen molar-refractivity contribution in [2.24, 2.45) is 5.10 Å². The molecule has 1 aromatic carbocycles. The molecule has 0 radical (unpaired) electrons. The van der Waals surface area contributed by atoms with Gasteiger partial charge in [0.1, 0.15) is 0 Å². The maximum Gasteiger partial charge on any atom is 0.271 e. The van der Waals surface area contributed by atoms with Crippen molar-refractivity contribution >= 4 is 23.2 Å². The van der Waals surface area contributed by atoms with E-state index in [0.29, 0.717) is 12.3 Å². The number of nitrogens with one attached hydrogen (secondary N) is 2. The fourth-order valence-corrected chi connectivity index (χ4v) is 1.54. The summed E-state index contributed by atoms with van der Waals surface area (Å²) in [5.74, 6) is -0.657. The number of non-ortho nitro benzene ring substituents is 1. The number of rotatable bonds is 7. The highest BCUT2D eigenvalue weighted by Gasteiger charge is 2.09. The highest BCUT2D eigenvalue weighted by Crippen LogP contribution is 2.11. The first-order valence-electron chi connectivity index (χ1n) is 6.78. The van der Waals surface area contributed by atoms with Crippen molar-refractivity contribution in [1.82, 2.24) is 10.7 Å². The number of amides is 2. The average Bonchev–Trinajstić information content (AvgIpc) is 2.50. The Hall–Kier alpha value is -2.77. The molecule has 1 aromatic rings. The molecule has 2 amide bonds. The third kappa shape index (κ3) is 5.70. The molecule has 0 bridgehead atoms. The van der Waals surface area contributed by atoms with Crippen LogP contribution in [0.25, 0.3) is 0 Å². The van der Waals surface area contributed by atoms with Crippen LogP contribution < -0.4 is 10.7 Å². The molecule has 118 valence electrons. The molecule has 1 rings (SSSR count). The Kier molecular flexibility index (Phi) is 6.68. The van der Waals surface area contributed by atoms with E-state index in [1.807, 2.05) is 6.92 Å². The van der Waals surface area contributed by atoms with E-state index in [2.05, 4.69) is 15.8 Å². The van der Waals surface area contributed by atoms with Crippen molar-refractivity contribution in [1.29, 1.82) is 0 Å². The van der Waals surface area contributed by atoms with E-state index in [4.69, 9.17) is 0 Å². The second kappa shape index (κ2) is 8.50. The van der Waals surface area contributed by atoms with Gasteiger partial charge in [-0.05, 0) is 25.5 Å². The second-order valence-electron chi connectivity index (χ2n) is 4.62. The topological polar surface area (TPSA) is 114 Å². The minimum Gasteiger partial charge on any atom is -0.356 e. The fourth-order valence-electron chi connectivity index (χ4n) is 1.54. The molecule has 0 saturated carbocycles. The molecule has 0 aliphatic rings. The molecule has 0 aliphatic heterocycles. The molecule has 0 heterocycles. The Bertz CT molecular complexity index is 581. The summed E-state index contributed by atoms with van der Waals surface area (Å²) in [5.41, 5.74) is 2.92. The SMILES string of the molecule is CCCNC(=O)C/C(C)=N\NC(=O)c1ccc([N+](=O)[O-])cc1. The van der Waals surface area contributed by atoms with Gasteiger partial charge in [-0.3, -0.25) is 19.7 Å². The van der Waals surface area contributed by atoms with E-state index in [0.717, 1.165) is 6.42 Å². The highest BCUT2D eigenvalue weighted by atomic mass is 16.6. The number of nitrogens with zero attached hydrogens (tertiary/aromatic N) is 2. The molecule has 8 heteroatoms. The van der Waals surface area contributed by atoms with Gasteiger partial charge in [0.2, 0.25) is 5.91 Å². The normalized spacial score (nSPS) is 10.9. The van der Waals surface area contributed by atoms with Crippen LogP contribution in [0.1, 0.15) is 37.0 Å². The summed E-state index contributed by atoms with van der Waals surface area (Å²) in [6.07, 6.45) is 0.944. The first kappa shape index (κ1) is 17.3. The third-order valence-corrected chi connectivity index (χ3v) is 2.68. The fraction of sp³-hybridized carbons (Fsp3) is 0.357. The van der Waals surface area contributed by atoms with Gasteiger partial charge in [-0.1, -0.05) is 6.92 Å². The van der Waals surface area contributed by atoms with E-state index in [1.54, 1.807) is 6.92 Å². The van der Waals surface area contributed by atoms with Crippen LogP contribution in [-0.2, 0) is 4.79 Å². The number of nitro benzene ring substituents is 1. The summed E-state index contributed by atoms with van der Waals surface area (Å²) in [5, 5.41) is 17.1. The minimum absolute atomic E-state index is 0.0937. The van der Waals surface area contributed by atoms with Gasteiger partial charge in [-0.2, -0.15) is 5.10 Å². The lowest BCUT2D eigenvalue weighted by atomic mass is 10.2. The lowest BCUT2D eigenvalue weighted by Gasteiger charge is -2.04.